The number of para-hydroxylation sites is 1. The molecular weight excluding hydrogens is 512 g/mol. The second-order valence-corrected chi connectivity index (χ2v) is 8.55. The van der Waals surface area contributed by atoms with Crippen molar-refractivity contribution in [2.45, 2.75) is 20.3 Å². The van der Waals surface area contributed by atoms with Gasteiger partial charge in [0.05, 0.1) is 17.4 Å². The van der Waals surface area contributed by atoms with Crippen molar-refractivity contribution in [2.24, 2.45) is 5.92 Å². The van der Waals surface area contributed by atoms with E-state index in [1.54, 1.807) is 6.07 Å². The molecule has 12 heteroatoms. The zero-order valence-electron chi connectivity index (χ0n) is 18.3. The van der Waals surface area contributed by atoms with Crippen molar-refractivity contribution in [3.05, 3.63) is 67.7 Å². The fourth-order valence-electron chi connectivity index (χ4n) is 3.34. The maximum absolute atomic E-state index is 12.4. The number of aryl methyl sites for hydroxylation is 2. The predicted molar refractivity (Wildman–Crippen MR) is 124 cm³/mol. The minimum absolute atomic E-state index is 0.184. The molecule has 3 amide bonds. The molecule has 178 valence electrons. The van der Waals surface area contributed by atoms with E-state index < -0.39 is 46.8 Å². The molecular formula is C22H21BrN4O7. The molecule has 0 aliphatic carbocycles. The van der Waals surface area contributed by atoms with Crippen LogP contribution in [0.4, 0.5) is 11.4 Å². The number of hydrogen-bond donors (Lipinski definition) is 2. The lowest BCUT2D eigenvalue weighted by molar-refractivity contribution is -0.385. The Balaban J connectivity index is 1.54. The largest absolute Gasteiger partial charge is 0.455 e. The van der Waals surface area contributed by atoms with Crippen molar-refractivity contribution >= 4 is 51.0 Å². The number of ether oxygens (including phenoxy) is 1. The van der Waals surface area contributed by atoms with Crippen LogP contribution >= 0.6 is 15.9 Å². The third-order valence-electron chi connectivity index (χ3n) is 5.17. The van der Waals surface area contributed by atoms with Crippen LogP contribution < -0.4 is 10.7 Å². The molecule has 2 aromatic rings. The number of halogens is 1. The molecule has 0 spiro atoms. The van der Waals surface area contributed by atoms with Gasteiger partial charge in [-0.1, -0.05) is 28.1 Å². The van der Waals surface area contributed by atoms with Gasteiger partial charge < -0.3 is 10.1 Å². The Hall–Kier alpha value is -3.80. The van der Waals surface area contributed by atoms with Crippen LogP contribution in [0.2, 0.25) is 0 Å². The molecule has 0 saturated carbocycles. The molecule has 1 aliphatic rings. The monoisotopic (exact) mass is 532 g/mol. The third kappa shape index (κ3) is 5.76. The third-order valence-corrected chi connectivity index (χ3v) is 6.02. The van der Waals surface area contributed by atoms with Gasteiger partial charge in [0.1, 0.15) is 5.56 Å². The number of amides is 3. The molecule has 0 bridgehead atoms. The average molecular weight is 533 g/mol. The number of benzene rings is 2. The predicted octanol–water partition coefficient (Wildman–Crippen LogP) is 2.65. The fraction of sp³-hybridized carbons (Fsp3) is 0.273. The highest BCUT2D eigenvalue weighted by Gasteiger charge is 2.37. The lowest BCUT2D eigenvalue weighted by atomic mass is 10.1. The smallest absolute Gasteiger partial charge is 0.311 e. The Morgan fingerprint density at radius 1 is 1.21 bits per heavy atom. The zero-order chi connectivity index (χ0) is 25.0. The Morgan fingerprint density at radius 2 is 1.91 bits per heavy atom. The van der Waals surface area contributed by atoms with Crippen molar-refractivity contribution in [1.29, 1.82) is 0 Å². The maximum atomic E-state index is 12.4. The number of hydrogen-bond acceptors (Lipinski definition) is 7. The van der Waals surface area contributed by atoms with E-state index in [-0.39, 0.29) is 18.5 Å². The van der Waals surface area contributed by atoms with Crippen molar-refractivity contribution in [2.75, 3.05) is 18.5 Å². The van der Waals surface area contributed by atoms with Gasteiger partial charge in [0.25, 0.3) is 17.5 Å². The van der Waals surface area contributed by atoms with Crippen LogP contribution in [0.25, 0.3) is 0 Å². The highest BCUT2D eigenvalue weighted by Crippen LogP contribution is 2.25. The molecule has 1 saturated heterocycles. The lowest BCUT2D eigenvalue weighted by Crippen LogP contribution is -2.43. The van der Waals surface area contributed by atoms with Gasteiger partial charge in [0.15, 0.2) is 6.61 Å². The average Bonchev–Trinajstić information content (AvgIpc) is 3.15. The van der Waals surface area contributed by atoms with E-state index in [9.17, 15) is 29.3 Å². The first kappa shape index (κ1) is 24.8. The van der Waals surface area contributed by atoms with Gasteiger partial charge in [-0.3, -0.25) is 39.7 Å². The first-order valence-electron chi connectivity index (χ1n) is 10.1. The second-order valence-electron chi connectivity index (χ2n) is 7.69. The number of nitro benzene ring substituents is 1. The highest BCUT2D eigenvalue weighted by atomic mass is 79.9. The van der Waals surface area contributed by atoms with Gasteiger partial charge in [-0.15, -0.1) is 0 Å². The van der Waals surface area contributed by atoms with Crippen LogP contribution in [0.5, 0.6) is 0 Å². The maximum Gasteiger partial charge on any atom is 0.311 e. The van der Waals surface area contributed by atoms with Gasteiger partial charge in [0, 0.05) is 22.6 Å². The molecule has 0 radical (unpaired) electrons. The molecule has 34 heavy (non-hydrogen) atoms. The number of carbonyl (C=O) groups excluding carboxylic acids is 4. The molecule has 11 nitrogen and oxygen atoms in total. The summed E-state index contributed by atoms with van der Waals surface area (Å²) in [4.78, 5) is 59.6. The van der Waals surface area contributed by atoms with Crippen LogP contribution in [-0.2, 0) is 19.1 Å². The number of nitro groups is 1. The van der Waals surface area contributed by atoms with E-state index in [4.69, 9.17) is 4.74 Å². The van der Waals surface area contributed by atoms with E-state index >= 15 is 0 Å². The Morgan fingerprint density at radius 3 is 2.62 bits per heavy atom. The van der Waals surface area contributed by atoms with Crippen LogP contribution in [0, 0.1) is 29.9 Å². The molecule has 2 aromatic carbocycles. The molecule has 1 aliphatic heterocycles. The molecule has 3 rings (SSSR count). The van der Waals surface area contributed by atoms with E-state index in [1.165, 1.54) is 24.3 Å². The molecule has 2 N–H and O–H groups in total. The van der Waals surface area contributed by atoms with E-state index in [0.717, 1.165) is 20.6 Å². The Kier molecular flexibility index (Phi) is 7.61. The minimum Gasteiger partial charge on any atom is -0.455 e. The molecule has 0 unspecified atom stereocenters. The Labute approximate surface area is 202 Å². The van der Waals surface area contributed by atoms with Crippen molar-refractivity contribution in [3.8, 4) is 0 Å². The summed E-state index contributed by atoms with van der Waals surface area (Å²) in [7, 11) is 0. The fourth-order valence-corrected chi connectivity index (χ4v) is 3.80. The molecule has 1 heterocycles. The van der Waals surface area contributed by atoms with Crippen molar-refractivity contribution in [3.63, 3.8) is 0 Å². The van der Waals surface area contributed by atoms with Gasteiger partial charge in [-0.25, -0.2) is 0 Å². The van der Waals surface area contributed by atoms with Crippen molar-refractivity contribution in [1.82, 2.24) is 10.4 Å². The van der Waals surface area contributed by atoms with Crippen LogP contribution in [-0.4, -0.2) is 46.8 Å². The van der Waals surface area contributed by atoms with E-state index in [0.29, 0.717) is 5.69 Å². The normalized spacial score (nSPS) is 15.1. The lowest BCUT2D eigenvalue weighted by Gasteiger charge is -2.17. The number of nitrogens with one attached hydrogen (secondary N) is 2. The van der Waals surface area contributed by atoms with E-state index in [2.05, 4.69) is 26.7 Å². The molecule has 1 fully saturated rings. The summed E-state index contributed by atoms with van der Waals surface area (Å²) in [5, 5.41) is 14.7. The van der Waals surface area contributed by atoms with Gasteiger partial charge in [-0.2, -0.15) is 0 Å². The number of nitrogens with zero attached hydrogens (tertiary/aromatic N) is 2. The summed E-state index contributed by atoms with van der Waals surface area (Å²) in [6.45, 7) is 2.97. The summed E-state index contributed by atoms with van der Waals surface area (Å²) in [6, 6.07) is 8.93. The second kappa shape index (κ2) is 10.4. The van der Waals surface area contributed by atoms with Crippen molar-refractivity contribution < 1.29 is 28.8 Å². The number of carbonyl (C=O) groups is 4. The molecule has 1 atom stereocenters. The van der Waals surface area contributed by atoms with E-state index in [1.807, 2.05) is 19.9 Å². The first-order chi connectivity index (χ1) is 16.1. The summed E-state index contributed by atoms with van der Waals surface area (Å²) >= 11 is 3.41. The van der Waals surface area contributed by atoms with Gasteiger partial charge in [-0.05, 0) is 43.2 Å². The SMILES string of the molecule is Cc1cc(NC(=O)COC(=O)[C@@H]2CC(=O)N(NC(=O)c3ccccc3[N+](=O)[O-])C2)c(C)cc1Br. The standard InChI is InChI=1S/C22H21BrN4O7/c1-12-8-17(13(2)7-16(12)23)24-19(28)11-34-22(31)14-9-20(29)26(10-14)25-21(30)15-5-3-4-6-18(15)27(32)33/h3-8,14H,9-11H2,1-2H3,(H,24,28)(H,25,30)/t14-/m1/s1. The zero-order valence-corrected chi connectivity index (χ0v) is 19.9. The summed E-state index contributed by atoms with van der Waals surface area (Å²) in [6.07, 6.45) is -0.234. The van der Waals surface area contributed by atoms with Gasteiger partial charge >= 0.3 is 5.97 Å². The summed E-state index contributed by atoms with van der Waals surface area (Å²) in [5.41, 5.74) is 3.98. The highest BCUT2D eigenvalue weighted by molar-refractivity contribution is 9.10. The van der Waals surface area contributed by atoms with Crippen LogP contribution in [0.15, 0.2) is 40.9 Å². The minimum atomic E-state index is -0.900. The van der Waals surface area contributed by atoms with Crippen LogP contribution in [0.3, 0.4) is 0 Å². The quantitative estimate of drug-likeness (QED) is 0.316. The first-order valence-corrected chi connectivity index (χ1v) is 10.9. The topological polar surface area (TPSA) is 148 Å². The van der Waals surface area contributed by atoms with Gasteiger partial charge in [0.2, 0.25) is 5.91 Å². The number of hydrazine groups is 1. The Bertz CT molecular complexity index is 1180. The van der Waals surface area contributed by atoms with Crippen LogP contribution in [0.1, 0.15) is 27.9 Å². The number of rotatable bonds is 7. The number of anilines is 1. The summed E-state index contributed by atoms with van der Waals surface area (Å²) < 4.78 is 5.95. The molecule has 0 aromatic heterocycles. The number of esters is 1. The summed E-state index contributed by atoms with van der Waals surface area (Å²) in [5.74, 6) is -3.62.